The normalized spacial score (nSPS) is 15.3. The molecule has 8 heteroatoms. The van der Waals surface area contributed by atoms with E-state index in [9.17, 15) is 28.2 Å². The molecule has 1 aliphatic rings. The van der Waals surface area contributed by atoms with Gasteiger partial charge in [-0.25, -0.2) is 0 Å². The molecule has 1 heterocycles. The first-order chi connectivity index (χ1) is 11.2. The van der Waals surface area contributed by atoms with Gasteiger partial charge in [0.1, 0.15) is 5.75 Å². The molecule has 0 saturated carbocycles. The number of fused-ring (bicyclic) bond motifs is 1. The zero-order chi connectivity index (χ0) is 17.5. The smallest absolute Gasteiger partial charge is 0.504 e. The largest absolute Gasteiger partial charge is 0.573 e. The van der Waals surface area contributed by atoms with Crippen LogP contribution in [0.4, 0.5) is 13.2 Å². The van der Waals surface area contributed by atoms with Crippen molar-refractivity contribution in [2.24, 2.45) is 0 Å². The van der Waals surface area contributed by atoms with Gasteiger partial charge >= 0.3 is 6.36 Å². The number of Topliss-reactive ketones (excluding diaryl/α,β-unsaturated/α-hetero) is 1. The number of phenolic OH excluding ortho intramolecular Hbond substituents is 2. The van der Waals surface area contributed by atoms with Crippen molar-refractivity contribution in [1.82, 2.24) is 0 Å². The number of rotatable bonds is 2. The van der Waals surface area contributed by atoms with Crippen molar-refractivity contribution in [1.29, 1.82) is 0 Å². The van der Waals surface area contributed by atoms with E-state index in [0.29, 0.717) is 5.56 Å². The zero-order valence-electron chi connectivity index (χ0n) is 11.8. The molecule has 0 fully saturated rings. The molecular weight excluding hydrogens is 329 g/mol. The van der Waals surface area contributed by atoms with Crippen LogP contribution in [0.25, 0.3) is 6.08 Å². The molecule has 0 aliphatic carbocycles. The standard InChI is InChI=1S/C16H9F3O5/c17-16(18,19)24-9-3-1-8(2-4-9)7-12-13(21)10-5-6-11(20)14(22)15(10)23-12/h1-7,20,22H. The summed E-state index contributed by atoms with van der Waals surface area (Å²) in [5.41, 5.74) is 0.470. The van der Waals surface area contributed by atoms with Gasteiger partial charge in [-0.05, 0) is 35.9 Å². The Labute approximate surface area is 133 Å². The van der Waals surface area contributed by atoms with E-state index in [4.69, 9.17) is 4.74 Å². The van der Waals surface area contributed by atoms with Gasteiger partial charge in [-0.3, -0.25) is 4.79 Å². The summed E-state index contributed by atoms with van der Waals surface area (Å²) in [4.78, 5) is 12.2. The molecule has 2 aromatic rings. The second-order valence-electron chi connectivity index (χ2n) is 4.87. The molecule has 0 amide bonds. The summed E-state index contributed by atoms with van der Waals surface area (Å²) in [6.07, 6.45) is -3.48. The van der Waals surface area contributed by atoms with Gasteiger partial charge in [0.25, 0.3) is 0 Å². The number of carbonyl (C=O) groups is 1. The Morgan fingerprint density at radius 2 is 1.71 bits per heavy atom. The van der Waals surface area contributed by atoms with E-state index in [2.05, 4.69) is 4.74 Å². The second kappa shape index (κ2) is 5.48. The molecular formula is C16H9F3O5. The summed E-state index contributed by atoms with van der Waals surface area (Å²) in [6.45, 7) is 0. The molecule has 3 rings (SSSR count). The summed E-state index contributed by atoms with van der Waals surface area (Å²) in [5.74, 6) is -2.20. The maximum atomic E-state index is 12.2. The molecule has 0 unspecified atom stereocenters. The summed E-state index contributed by atoms with van der Waals surface area (Å²) in [5, 5.41) is 19.1. The summed E-state index contributed by atoms with van der Waals surface area (Å²) >= 11 is 0. The van der Waals surface area contributed by atoms with Crippen LogP contribution in [0.15, 0.2) is 42.2 Å². The Bertz CT molecular complexity index is 838. The van der Waals surface area contributed by atoms with Gasteiger partial charge in [-0.15, -0.1) is 13.2 Å². The minimum Gasteiger partial charge on any atom is -0.504 e. The Hall–Kier alpha value is -3.16. The van der Waals surface area contributed by atoms with E-state index in [1.807, 2.05) is 0 Å². The van der Waals surface area contributed by atoms with Crippen LogP contribution in [0.2, 0.25) is 0 Å². The topological polar surface area (TPSA) is 76.0 Å². The van der Waals surface area contributed by atoms with E-state index < -0.39 is 29.4 Å². The lowest BCUT2D eigenvalue weighted by molar-refractivity contribution is -0.274. The highest BCUT2D eigenvalue weighted by molar-refractivity contribution is 6.15. The van der Waals surface area contributed by atoms with Gasteiger partial charge < -0.3 is 19.7 Å². The predicted octanol–water partition coefficient (Wildman–Crippen LogP) is 3.61. The maximum Gasteiger partial charge on any atom is 0.573 e. The highest BCUT2D eigenvalue weighted by Crippen LogP contribution is 2.44. The molecule has 0 bridgehead atoms. The maximum absolute atomic E-state index is 12.2. The van der Waals surface area contributed by atoms with Crippen molar-refractivity contribution in [2.75, 3.05) is 0 Å². The van der Waals surface area contributed by atoms with E-state index in [1.165, 1.54) is 24.3 Å². The third-order valence-corrected chi connectivity index (χ3v) is 3.20. The Morgan fingerprint density at radius 3 is 2.33 bits per heavy atom. The molecule has 1 aliphatic heterocycles. The van der Waals surface area contributed by atoms with E-state index >= 15 is 0 Å². The molecule has 2 N–H and O–H groups in total. The predicted molar refractivity (Wildman–Crippen MR) is 75.8 cm³/mol. The SMILES string of the molecule is O=C1C(=Cc2ccc(OC(F)(F)F)cc2)Oc2c1ccc(O)c2O. The van der Waals surface area contributed by atoms with Gasteiger partial charge in [0.2, 0.25) is 11.5 Å². The summed E-state index contributed by atoms with van der Waals surface area (Å²) in [7, 11) is 0. The van der Waals surface area contributed by atoms with E-state index in [-0.39, 0.29) is 17.1 Å². The fourth-order valence-electron chi connectivity index (χ4n) is 2.14. The van der Waals surface area contributed by atoms with Crippen LogP contribution in [0.5, 0.6) is 23.0 Å². The second-order valence-corrected chi connectivity index (χ2v) is 4.87. The number of halogens is 3. The molecule has 124 valence electrons. The van der Waals surface area contributed by atoms with Crippen molar-refractivity contribution in [2.45, 2.75) is 6.36 Å². The molecule has 0 aromatic heterocycles. The van der Waals surface area contributed by atoms with Gasteiger partial charge in [0, 0.05) is 0 Å². The molecule has 24 heavy (non-hydrogen) atoms. The first-order valence-electron chi connectivity index (χ1n) is 6.59. The quantitative estimate of drug-likeness (QED) is 0.646. The van der Waals surface area contributed by atoms with Crippen molar-refractivity contribution in [3.8, 4) is 23.0 Å². The summed E-state index contributed by atoms with van der Waals surface area (Å²) < 4.78 is 45.3. The fraction of sp³-hybridized carbons (Fsp3) is 0.0625. The lowest BCUT2D eigenvalue weighted by Crippen LogP contribution is -2.16. The van der Waals surface area contributed by atoms with Crippen LogP contribution in [0.3, 0.4) is 0 Å². The number of carbonyl (C=O) groups excluding carboxylic acids is 1. The molecule has 2 aromatic carbocycles. The number of phenols is 2. The van der Waals surface area contributed by atoms with Crippen molar-refractivity contribution < 1.29 is 37.7 Å². The number of ether oxygens (including phenoxy) is 2. The van der Waals surface area contributed by atoms with Gasteiger partial charge in [-0.2, -0.15) is 0 Å². The monoisotopic (exact) mass is 338 g/mol. The molecule has 0 spiro atoms. The average Bonchev–Trinajstić information content (AvgIpc) is 2.81. The lowest BCUT2D eigenvalue weighted by atomic mass is 10.1. The lowest BCUT2D eigenvalue weighted by Gasteiger charge is -2.08. The van der Waals surface area contributed by atoms with Crippen molar-refractivity contribution in [3.63, 3.8) is 0 Å². The number of hydrogen-bond donors (Lipinski definition) is 2. The van der Waals surface area contributed by atoms with E-state index in [0.717, 1.165) is 18.2 Å². The Kier molecular flexibility index (Phi) is 3.59. The van der Waals surface area contributed by atoms with Crippen LogP contribution in [-0.2, 0) is 0 Å². The highest BCUT2D eigenvalue weighted by atomic mass is 19.4. The van der Waals surface area contributed by atoms with Gasteiger partial charge in [-0.1, -0.05) is 12.1 Å². The number of ketones is 1. The van der Waals surface area contributed by atoms with Crippen LogP contribution in [-0.4, -0.2) is 22.4 Å². The number of alkyl halides is 3. The van der Waals surface area contributed by atoms with E-state index in [1.54, 1.807) is 0 Å². The Morgan fingerprint density at radius 1 is 1.04 bits per heavy atom. The zero-order valence-corrected chi connectivity index (χ0v) is 11.8. The summed E-state index contributed by atoms with van der Waals surface area (Å²) in [6, 6.07) is 7.26. The number of allylic oxidation sites excluding steroid dienone is 1. The Balaban J connectivity index is 1.85. The number of hydrogen-bond acceptors (Lipinski definition) is 5. The van der Waals surface area contributed by atoms with Crippen molar-refractivity contribution in [3.05, 3.63) is 53.3 Å². The fourth-order valence-corrected chi connectivity index (χ4v) is 2.14. The van der Waals surface area contributed by atoms with Gasteiger partial charge in [0.05, 0.1) is 5.56 Å². The number of aromatic hydroxyl groups is 2. The molecule has 0 atom stereocenters. The molecule has 0 radical (unpaired) electrons. The van der Waals surface area contributed by atoms with Crippen molar-refractivity contribution >= 4 is 11.9 Å². The minimum atomic E-state index is -4.79. The van der Waals surface area contributed by atoms with Crippen LogP contribution in [0.1, 0.15) is 15.9 Å². The van der Waals surface area contributed by atoms with Crippen LogP contribution < -0.4 is 9.47 Å². The molecule has 5 nitrogen and oxygen atoms in total. The highest BCUT2D eigenvalue weighted by Gasteiger charge is 2.32. The third-order valence-electron chi connectivity index (χ3n) is 3.20. The molecule has 0 saturated heterocycles. The van der Waals surface area contributed by atoms with Gasteiger partial charge in [0.15, 0.2) is 17.3 Å². The first kappa shape index (κ1) is 15.7. The van der Waals surface area contributed by atoms with Crippen LogP contribution >= 0.6 is 0 Å². The first-order valence-corrected chi connectivity index (χ1v) is 6.59. The minimum absolute atomic E-state index is 0.0774. The number of benzene rings is 2. The van der Waals surface area contributed by atoms with Crippen LogP contribution in [0, 0.1) is 0 Å². The third kappa shape index (κ3) is 2.98. The average molecular weight is 338 g/mol.